The van der Waals surface area contributed by atoms with E-state index in [4.69, 9.17) is 0 Å². The molecule has 1 rings (SSSR count). The molecule has 0 saturated carbocycles. The smallest absolute Gasteiger partial charge is 0.123 e. The van der Waals surface area contributed by atoms with Crippen LogP contribution in [0.3, 0.4) is 0 Å². The van der Waals surface area contributed by atoms with Gasteiger partial charge in [-0.1, -0.05) is 19.1 Å². The van der Waals surface area contributed by atoms with E-state index in [1.54, 1.807) is 19.1 Å². The van der Waals surface area contributed by atoms with E-state index in [0.717, 1.165) is 5.56 Å². The normalized spacial score (nSPS) is 15.4. The number of hydrogen-bond acceptors (Lipinski definition) is 1. The highest BCUT2D eigenvalue weighted by molar-refractivity contribution is 5.17. The van der Waals surface area contributed by atoms with Crippen LogP contribution in [0.15, 0.2) is 24.3 Å². The Kier molecular flexibility index (Phi) is 3.04. The summed E-state index contributed by atoms with van der Waals surface area (Å²) in [5, 5.41) is 9.75. The predicted molar refractivity (Wildman–Crippen MR) is 51.0 cm³/mol. The zero-order valence-electron chi connectivity index (χ0n) is 8.05. The van der Waals surface area contributed by atoms with Crippen molar-refractivity contribution in [3.05, 3.63) is 35.6 Å². The molecule has 1 atom stereocenters. The van der Waals surface area contributed by atoms with Crippen LogP contribution in [-0.4, -0.2) is 10.7 Å². The molecule has 1 unspecified atom stereocenters. The maximum atomic E-state index is 12.5. The zero-order chi connectivity index (χ0) is 9.90. The van der Waals surface area contributed by atoms with Crippen molar-refractivity contribution in [2.75, 3.05) is 0 Å². The summed E-state index contributed by atoms with van der Waals surface area (Å²) in [6.45, 7) is 3.72. The number of rotatable bonds is 3. The fraction of sp³-hybridized carbons (Fsp3) is 0.455. The van der Waals surface area contributed by atoms with E-state index in [1.165, 1.54) is 12.1 Å². The maximum Gasteiger partial charge on any atom is 0.123 e. The van der Waals surface area contributed by atoms with Crippen molar-refractivity contribution in [3.8, 4) is 0 Å². The van der Waals surface area contributed by atoms with Crippen LogP contribution in [0.1, 0.15) is 25.8 Å². The van der Waals surface area contributed by atoms with Gasteiger partial charge in [0.1, 0.15) is 5.82 Å². The second-order valence-electron chi connectivity index (χ2n) is 3.65. The molecule has 0 spiro atoms. The Balaban J connectivity index is 2.69. The topological polar surface area (TPSA) is 20.2 Å². The predicted octanol–water partition coefficient (Wildman–Crippen LogP) is 2.53. The second kappa shape index (κ2) is 3.88. The van der Waals surface area contributed by atoms with Crippen LogP contribution in [0.2, 0.25) is 0 Å². The molecule has 72 valence electrons. The third kappa shape index (κ3) is 3.15. The maximum absolute atomic E-state index is 12.5. The number of hydrogen-bond donors (Lipinski definition) is 1. The van der Waals surface area contributed by atoms with E-state index in [1.807, 2.05) is 6.92 Å². The van der Waals surface area contributed by atoms with E-state index in [9.17, 15) is 9.50 Å². The third-order valence-corrected chi connectivity index (χ3v) is 2.26. The van der Waals surface area contributed by atoms with Gasteiger partial charge >= 0.3 is 0 Å². The Morgan fingerprint density at radius 2 is 1.85 bits per heavy atom. The van der Waals surface area contributed by atoms with Crippen LogP contribution in [0, 0.1) is 5.82 Å². The summed E-state index contributed by atoms with van der Waals surface area (Å²) in [5.74, 6) is -0.236. The molecule has 2 heteroatoms. The van der Waals surface area contributed by atoms with Crippen molar-refractivity contribution >= 4 is 0 Å². The summed E-state index contributed by atoms with van der Waals surface area (Å²) in [7, 11) is 0. The van der Waals surface area contributed by atoms with Crippen LogP contribution < -0.4 is 0 Å². The quantitative estimate of drug-likeness (QED) is 0.761. The molecule has 1 N–H and O–H groups in total. The van der Waals surface area contributed by atoms with Crippen LogP contribution in [0.5, 0.6) is 0 Å². The molecule has 0 heterocycles. The molecule has 0 radical (unpaired) electrons. The molecule has 0 fully saturated rings. The lowest BCUT2D eigenvalue weighted by atomic mass is 9.94. The average molecular weight is 182 g/mol. The van der Waals surface area contributed by atoms with Crippen LogP contribution in [0.4, 0.5) is 4.39 Å². The fourth-order valence-electron chi connectivity index (χ4n) is 1.17. The summed E-state index contributed by atoms with van der Waals surface area (Å²) in [4.78, 5) is 0. The SMILES string of the molecule is CCC(C)(O)Cc1ccc(F)cc1. The van der Waals surface area contributed by atoms with Crippen LogP contribution in [0.25, 0.3) is 0 Å². The van der Waals surface area contributed by atoms with Crippen molar-refractivity contribution in [3.63, 3.8) is 0 Å². The number of halogens is 1. The molecule has 0 aliphatic heterocycles. The van der Waals surface area contributed by atoms with Gasteiger partial charge in [-0.05, 0) is 31.0 Å². The van der Waals surface area contributed by atoms with Gasteiger partial charge in [0.15, 0.2) is 0 Å². The summed E-state index contributed by atoms with van der Waals surface area (Å²) in [6.07, 6.45) is 1.27. The van der Waals surface area contributed by atoms with Gasteiger partial charge in [0.05, 0.1) is 5.60 Å². The highest BCUT2D eigenvalue weighted by Gasteiger charge is 2.17. The van der Waals surface area contributed by atoms with E-state index < -0.39 is 5.60 Å². The Hall–Kier alpha value is -0.890. The van der Waals surface area contributed by atoms with E-state index in [2.05, 4.69) is 0 Å². The highest BCUT2D eigenvalue weighted by Crippen LogP contribution is 2.16. The summed E-state index contributed by atoms with van der Waals surface area (Å²) < 4.78 is 12.5. The van der Waals surface area contributed by atoms with Gasteiger partial charge in [0.25, 0.3) is 0 Å². The molecule has 13 heavy (non-hydrogen) atoms. The van der Waals surface area contributed by atoms with E-state index in [-0.39, 0.29) is 5.82 Å². The van der Waals surface area contributed by atoms with Gasteiger partial charge in [-0.25, -0.2) is 4.39 Å². The zero-order valence-corrected chi connectivity index (χ0v) is 8.05. The standard InChI is InChI=1S/C11H15FO/c1-3-11(2,13)8-9-4-6-10(12)7-5-9/h4-7,13H,3,8H2,1-2H3. The van der Waals surface area contributed by atoms with Crippen LogP contribution in [-0.2, 0) is 6.42 Å². The van der Waals surface area contributed by atoms with Crippen LogP contribution >= 0.6 is 0 Å². The first-order valence-electron chi connectivity index (χ1n) is 4.50. The summed E-state index contributed by atoms with van der Waals surface area (Å²) in [5.41, 5.74) is 0.283. The van der Waals surface area contributed by atoms with E-state index in [0.29, 0.717) is 12.8 Å². The molecule has 0 aliphatic rings. The van der Waals surface area contributed by atoms with Gasteiger partial charge in [0.2, 0.25) is 0 Å². The summed E-state index contributed by atoms with van der Waals surface area (Å²) in [6, 6.07) is 6.25. The monoisotopic (exact) mass is 182 g/mol. The minimum absolute atomic E-state index is 0.236. The highest BCUT2D eigenvalue weighted by atomic mass is 19.1. The van der Waals surface area contributed by atoms with Gasteiger partial charge in [-0.3, -0.25) is 0 Å². The van der Waals surface area contributed by atoms with E-state index >= 15 is 0 Å². The minimum atomic E-state index is -0.683. The first-order valence-corrected chi connectivity index (χ1v) is 4.50. The largest absolute Gasteiger partial charge is 0.390 e. The second-order valence-corrected chi connectivity index (χ2v) is 3.65. The lowest BCUT2D eigenvalue weighted by Gasteiger charge is -2.20. The average Bonchev–Trinajstić information content (AvgIpc) is 2.09. The molecular formula is C11H15FO. The van der Waals surface area contributed by atoms with Crippen molar-refractivity contribution < 1.29 is 9.50 Å². The van der Waals surface area contributed by atoms with Gasteiger partial charge < -0.3 is 5.11 Å². The summed E-state index contributed by atoms with van der Waals surface area (Å²) >= 11 is 0. The molecule has 1 aromatic carbocycles. The minimum Gasteiger partial charge on any atom is -0.390 e. The van der Waals surface area contributed by atoms with Crippen molar-refractivity contribution in [1.29, 1.82) is 0 Å². The third-order valence-electron chi connectivity index (χ3n) is 2.26. The Labute approximate surface area is 78.2 Å². The molecule has 0 saturated heterocycles. The molecule has 0 aliphatic carbocycles. The number of aliphatic hydroxyl groups is 1. The molecule has 1 nitrogen and oxygen atoms in total. The van der Waals surface area contributed by atoms with Gasteiger partial charge in [0, 0.05) is 6.42 Å². The molecule has 1 aromatic rings. The van der Waals surface area contributed by atoms with Crippen molar-refractivity contribution in [2.45, 2.75) is 32.3 Å². The molecule has 0 bridgehead atoms. The lowest BCUT2D eigenvalue weighted by Crippen LogP contribution is -2.25. The lowest BCUT2D eigenvalue weighted by molar-refractivity contribution is 0.0564. The Bertz CT molecular complexity index is 264. The van der Waals surface area contributed by atoms with Gasteiger partial charge in [-0.2, -0.15) is 0 Å². The fourth-order valence-corrected chi connectivity index (χ4v) is 1.17. The van der Waals surface area contributed by atoms with Crippen molar-refractivity contribution in [1.82, 2.24) is 0 Å². The van der Waals surface area contributed by atoms with Gasteiger partial charge in [-0.15, -0.1) is 0 Å². The Morgan fingerprint density at radius 3 is 2.31 bits per heavy atom. The molecule has 0 amide bonds. The molecular weight excluding hydrogens is 167 g/mol. The first-order chi connectivity index (χ1) is 6.03. The Morgan fingerprint density at radius 1 is 1.31 bits per heavy atom. The molecule has 0 aromatic heterocycles. The first kappa shape index (κ1) is 10.2. The van der Waals surface area contributed by atoms with Crippen molar-refractivity contribution in [2.24, 2.45) is 0 Å². The number of benzene rings is 1.